The third-order valence-electron chi connectivity index (χ3n) is 4.94. The SMILES string of the molecule is CC1CN(S(=O)(=O)N(C)Cc2ccccc2N2CCCC2)CC(C)O1. The van der Waals surface area contributed by atoms with Crippen LogP contribution in [0.1, 0.15) is 32.3 Å². The van der Waals surface area contributed by atoms with Gasteiger partial charge in [-0.25, -0.2) is 0 Å². The van der Waals surface area contributed by atoms with Gasteiger partial charge in [0.25, 0.3) is 10.2 Å². The zero-order valence-corrected chi connectivity index (χ0v) is 16.2. The molecule has 7 heteroatoms. The highest BCUT2D eigenvalue weighted by Gasteiger charge is 2.34. The number of para-hydroxylation sites is 1. The van der Waals surface area contributed by atoms with E-state index in [4.69, 9.17) is 4.74 Å². The fraction of sp³-hybridized carbons (Fsp3) is 0.667. The van der Waals surface area contributed by atoms with Crippen molar-refractivity contribution in [2.75, 3.05) is 38.1 Å². The third kappa shape index (κ3) is 4.16. The monoisotopic (exact) mass is 367 g/mol. The highest BCUT2D eigenvalue weighted by Crippen LogP contribution is 2.27. The summed E-state index contributed by atoms with van der Waals surface area (Å²) in [4.78, 5) is 2.36. The summed E-state index contributed by atoms with van der Waals surface area (Å²) in [5, 5.41) is 0. The lowest BCUT2D eigenvalue weighted by Crippen LogP contribution is -2.52. The van der Waals surface area contributed by atoms with Crippen LogP contribution in [0.2, 0.25) is 0 Å². The Morgan fingerprint density at radius 2 is 1.72 bits per heavy atom. The second-order valence-corrected chi connectivity index (χ2v) is 9.20. The van der Waals surface area contributed by atoms with E-state index in [1.54, 1.807) is 11.4 Å². The number of nitrogens with zero attached hydrogens (tertiary/aromatic N) is 3. The number of rotatable bonds is 5. The van der Waals surface area contributed by atoms with E-state index in [0.29, 0.717) is 19.6 Å². The number of benzene rings is 1. The number of hydrogen-bond donors (Lipinski definition) is 0. The second-order valence-electron chi connectivity index (χ2n) is 7.16. The molecule has 2 aliphatic rings. The Morgan fingerprint density at radius 3 is 2.36 bits per heavy atom. The van der Waals surface area contributed by atoms with Crippen LogP contribution >= 0.6 is 0 Å². The Morgan fingerprint density at radius 1 is 1.12 bits per heavy atom. The van der Waals surface area contributed by atoms with E-state index >= 15 is 0 Å². The van der Waals surface area contributed by atoms with Crippen LogP contribution in [0.4, 0.5) is 5.69 Å². The van der Waals surface area contributed by atoms with Gasteiger partial charge >= 0.3 is 0 Å². The summed E-state index contributed by atoms with van der Waals surface area (Å²) in [7, 11) is -1.83. The molecule has 2 fully saturated rings. The highest BCUT2D eigenvalue weighted by molar-refractivity contribution is 7.86. The van der Waals surface area contributed by atoms with Gasteiger partial charge in [0, 0.05) is 45.5 Å². The summed E-state index contributed by atoms with van der Waals surface area (Å²) >= 11 is 0. The fourth-order valence-corrected chi connectivity index (χ4v) is 5.24. The normalized spacial score (nSPS) is 25.7. The molecule has 0 saturated carbocycles. The molecule has 0 N–H and O–H groups in total. The van der Waals surface area contributed by atoms with Gasteiger partial charge in [0.1, 0.15) is 0 Å². The minimum absolute atomic E-state index is 0.0798. The summed E-state index contributed by atoms with van der Waals surface area (Å²) in [5.41, 5.74) is 2.22. The van der Waals surface area contributed by atoms with E-state index in [1.165, 1.54) is 17.1 Å². The molecule has 25 heavy (non-hydrogen) atoms. The van der Waals surface area contributed by atoms with Gasteiger partial charge in [-0.3, -0.25) is 0 Å². The number of morpholine rings is 1. The van der Waals surface area contributed by atoms with Crippen LogP contribution in [0.25, 0.3) is 0 Å². The zero-order chi connectivity index (χ0) is 18.0. The first-order valence-corrected chi connectivity index (χ1v) is 10.5. The van der Waals surface area contributed by atoms with Crippen molar-refractivity contribution in [1.82, 2.24) is 8.61 Å². The molecule has 2 atom stereocenters. The Balaban J connectivity index is 1.76. The average molecular weight is 368 g/mol. The molecule has 2 aliphatic heterocycles. The van der Waals surface area contributed by atoms with Gasteiger partial charge in [-0.2, -0.15) is 17.0 Å². The average Bonchev–Trinajstić information content (AvgIpc) is 3.08. The summed E-state index contributed by atoms with van der Waals surface area (Å²) in [6.07, 6.45) is 2.24. The van der Waals surface area contributed by atoms with E-state index in [1.807, 2.05) is 32.0 Å². The van der Waals surface area contributed by atoms with Gasteiger partial charge in [-0.1, -0.05) is 18.2 Å². The molecule has 0 amide bonds. The van der Waals surface area contributed by atoms with Crippen molar-refractivity contribution in [1.29, 1.82) is 0 Å². The molecular weight excluding hydrogens is 338 g/mol. The van der Waals surface area contributed by atoms with Gasteiger partial charge in [0.15, 0.2) is 0 Å². The van der Waals surface area contributed by atoms with Gasteiger partial charge in [0.2, 0.25) is 0 Å². The first-order valence-electron chi connectivity index (χ1n) is 9.07. The molecule has 0 aliphatic carbocycles. The molecule has 2 heterocycles. The van der Waals surface area contributed by atoms with Gasteiger partial charge < -0.3 is 9.64 Å². The van der Waals surface area contributed by atoms with E-state index in [9.17, 15) is 8.42 Å². The first kappa shape index (κ1) is 18.6. The Kier molecular flexibility index (Phi) is 5.68. The minimum Gasteiger partial charge on any atom is -0.373 e. The number of hydrogen-bond acceptors (Lipinski definition) is 4. The van der Waals surface area contributed by atoms with E-state index < -0.39 is 10.2 Å². The molecule has 2 unspecified atom stereocenters. The molecule has 0 spiro atoms. The van der Waals surface area contributed by atoms with Crippen LogP contribution < -0.4 is 4.90 Å². The van der Waals surface area contributed by atoms with Crippen molar-refractivity contribution in [2.45, 2.75) is 45.4 Å². The molecule has 140 valence electrons. The van der Waals surface area contributed by atoms with Gasteiger partial charge in [-0.15, -0.1) is 0 Å². The lowest BCUT2D eigenvalue weighted by atomic mass is 10.1. The van der Waals surface area contributed by atoms with Crippen LogP contribution in [0, 0.1) is 0 Å². The lowest BCUT2D eigenvalue weighted by Gasteiger charge is -2.36. The van der Waals surface area contributed by atoms with Crippen LogP contribution in [0.15, 0.2) is 24.3 Å². The molecule has 2 saturated heterocycles. The maximum Gasteiger partial charge on any atom is 0.282 e. The smallest absolute Gasteiger partial charge is 0.282 e. The highest BCUT2D eigenvalue weighted by atomic mass is 32.2. The standard InChI is InChI=1S/C18H29N3O3S/c1-15-12-21(13-16(2)24-15)25(22,23)19(3)14-17-8-4-5-9-18(17)20-10-6-7-11-20/h4-5,8-9,15-16H,6-7,10-14H2,1-3H3. The number of anilines is 1. The predicted molar refractivity (Wildman–Crippen MR) is 99.9 cm³/mol. The topological polar surface area (TPSA) is 53.1 Å². The van der Waals surface area contributed by atoms with Crippen LogP contribution in [-0.4, -0.2) is 62.5 Å². The predicted octanol–water partition coefficient (Wildman–Crippen LogP) is 2.07. The van der Waals surface area contributed by atoms with E-state index in [0.717, 1.165) is 24.3 Å². The quantitative estimate of drug-likeness (QED) is 0.799. The van der Waals surface area contributed by atoms with Crippen molar-refractivity contribution in [2.24, 2.45) is 0 Å². The maximum atomic E-state index is 13.0. The molecule has 0 aromatic heterocycles. The van der Waals surface area contributed by atoms with Crippen LogP contribution in [0.5, 0.6) is 0 Å². The zero-order valence-electron chi connectivity index (χ0n) is 15.4. The Hall–Kier alpha value is -1.15. The summed E-state index contributed by atoms with van der Waals surface area (Å²) < 4.78 is 34.7. The molecule has 3 rings (SSSR count). The third-order valence-corrected chi connectivity index (χ3v) is 6.81. The maximum absolute atomic E-state index is 13.0. The summed E-state index contributed by atoms with van der Waals surface area (Å²) in [6.45, 7) is 7.13. The second kappa shape index (κ2) is 7.61. The van der Waals surface area contributed by atoms with Crippen molar-refractivity contribution >= 4 is 15.9 Å². The number of ether oxygens (including phenoxy) is 1. The molecule has 6 nitrogen and oxygen atoms in total. The first-order chi connectivity index (χ1) is 11.9. The van der Waals surface area contributed by atoms with E-state index in [-0.39, 0.29) is 12.2 Å². The van der Waals surface area contributed by atoms with Crippen molar-refractivity contribution in [3.05, 3.63) is 29.8 Å². The van der Waals surface area contributed by atoms with Crippen LogP contribution in [-0.2, 0) is 21.5 Å². The summed E-state index contributed by atoms with van der Waals surface area (Å²) in [5.74, 6) is 0. The lowest BCUT2D eigenvalue weighted by molar-refractivity contribution is -0.0453. The minimum atomic E-state index is -3.50. The Bertz CT molecular complexity index is 679. The molecular formula is C18H29N3O3S. The summed E-state index contributed by atoms with van der Waals surface area (Å²) in [6, 6.07) is 8.13. The van der Waals surface area contributed by atoms with Gasteiger partial charge in [0.05, 0.1) is 12.2 Å². The van der Waals surface area contributed by atoms with Crippen molar-refractivity contribution in [3.63, 3.8) is 0 Å². The van der Waals surface area contributed by atoms with Crippen LogP contribution in [0.3, 0.4) is 0 Å². The molecule has 1 aromatic carbocycles. The molecule has 1 aromatic rings. The molecule has 0 bridgehead atoms. The van der Waals surface area contributed by atoms with Crippen molar-refractivity contribution < 1.29 is 13.2 Å². The van der Waals surface area contributed by atoms with Crippen molar-refractivity contribution in [3.8, 4) is 0 Å². The van der Waals surface area contributed by atoms with Gasteiger partial charge in [-0.05, 0) is 38.3 Å². The Labute approximate surface area is 151 Å². The molecule has 0 radical (unpaired) electrons. The fourth-order valence-electron chi connectivity index (χ4n) is 3.75. The van der Waals surface area contributed by atoms with E-state index in [2.05, 4.69) is 11.0 Å². The largest absolute Gasteiger partial charge is 0.373 e.